The summed E-state index contributed by atoms with van der Waals surface area (Å²) in [5.41, 5.74) is 2.82. The number of carbonyl (C=O) groups is 2. The lowest BCUT2D eigenvalue weighted by molar-refractivity contribution is -0.115. The lowest BCUT2D eigenvalue weighted by atomic mass is 10.1. The van der Waals surface area contributed by atoms with Gasteiger partial charge in [-0.25, -0.2) is 8.42 Å². The van der Waals surface area contributed by atoms with Crippen LogP contribution in [0.1, 0.15) is 34.5 Å². The lowest BCUT2D eigenvalue weighted by Crippen LogP contribution is -2.19. The van der Waals surface area contributed by atoms with Crippen LogP contribution in [-0.4, -0.2) is 26.0 Å². The monoisotopic (exact) mass is 472 g/mol. The zero-order valence-corrected chi connectivity index (χ0v) is 18.6. The van der Waals surface area contributed by atoms with Gasteiger partial charge in [0.05, 0.1) is 28.3 Å². The van der Waals surface area contributed by atoms with Gasteiger partial charge < -0.3 is 15.1 Å². The van der Waals surface area contributed by atoms with Crippen molar-refractivity contribution in [3.05, 3.63) is 76.7 Å². The Bertz CT molecular complexity index is 1270. The molecule has 0 fully saturated rings. The molecule has 0 radical (unpaired) electrons. The van der Waals surface area contributed by atoms with Crippen molar-refractivity contribution in [2.75, 3.05) is 16.4 Å². The summed E-state index contributed by atoms with van der Waals surface area (Å²) >= 11 is 6.02. The van der Waals surface area contributed by atoms with Gasteiger partial charge in [0.15, 0.2) is 15.6 Å². The van der Waals surface area contributed by atoms with Crippen molar-refractivity contribution in [3.8, 4) is 0 Å². The van der Waals surface area contributed by atoms with E-state index in [1.54, 1.807) is 24.3 Å². The second kappa shape index (κ2) is 9.18. The van der Waals surface area contributed by atoms with Crippen molar-refractivity contribution < 1.29 is 22.4 Å². The summed E-state index contributed by atoms with van der Waals surface area (Å²) in [4.78, 5) is 25.0. The molecule has 32 heavy (non-hydrogen) atoms. The number of anilines is 2. The first-order valence-corrected chi connectivity index (χ1v) is 12.1. The predicted molar refractivity (Wildman–Crippen MR) is 122 cm³/mol. The summed E-state index contributed by atoms with van der Waals surface area (Å²) in [5, 5.41) is 5.64. The molecule has 3 aromatic rings. The average molecular weight is 473 g/mol. The molecule has 7 nitrogen and oxygen atoms in total. The van der Waals surface area contributed by atoms with Crippen LogP contribution in [0.5, 0.6) is 0 Å². The van der Waals surface area contributed by atoms with Gasteiger partial charge in [-0.15, -0.1) is 0 Å². The van der Waals surface area contributed by atoms with Crippen LogP contribution in [0.15, 0.2) is 64.1 Å². The molecule has 1 aromatic heterocycles. The molecule has 0 saturated heterocycles. The molecule has 0 atom stereocenters. The molecule has 0 aliphatic heterocycles. The number of aryl methyl sites for hydroxylation is 2. The predicted octanol–water partition coefficient (Wildman–Crippen LogP) is 4.48. The largest absolute Gasteiger partial charge is 0.459 e. The lowest BCUT2D eigenvalue weighted by Gasteiger charge is -2.13. The molecule has 0 saturated carbocycles. The number of furan rings is 1. The quantitative estimate of drug-likeness (QED) is 0.527. The molecular weight excluding hydrogens is 452 g/mol. The maximum absolute atomic E-state index is 12.7. The summed E-state index contributed by atoms with van der Waals surface area (Å²) in [6.45, 7) is 0. The summed E-state index contributed by atoms with van der Waals surface area (Å²) in [7, 11) is -3.60. The van der Waals surface area contributed by atoms with Crippen molar-refractivity contribution in [2.24, 2.45) is 0 Å². The van der Waals surface area contributed by atoms with Crippen LogP contribution in [0.25, 0.3) is 0 Å². The van der Waals surface area contributed by atoms with Crippen LogP contribution >= 0.6 is 11.6 Å². The SMILES string of the molecule is O=C(CCS(=O)(=O)c1ccc2c(c1)CCC2)Nc1ccc(Cl)cc1NC(=O)c1ccco1. The third kappa shape index (κ3) is 5.03. The molecule has 0 unspecified atom stereocenters. The highest BCUT2D eigenvalue weighted by molar-refractivity contribution is 7.91. The van der Waals surface area contributed by atoms with Crippen LogP contribution in [0, 0.1) is 0 Å². The maximum atomic E-state index is 12.7. The fourth-order valence-corrected chi connectivity index (χ4v) is 5.08. The van der Waals surface area contributed by atoms with Crippen LogP contribution in [0.2, 0.25) is 5.02 Å². The van der Waals surface area contributed by atoms with E-state index in [4.69, 9.17) is 16.0 Å². The molecule has 2 N–H and O–H groups in total. The van der Waals surface area contributed by atoms with Crippen molar-refractivity contribution >= 4 is 44.6 Å². The first-order chi connectivity index (χ1) is 15.3. The molecular formula is C23H21ClN2O5S. The Labute approximate surface area is 190 Å². The molecule has 0 bridgehead atoms. The molecule has 2 aromatic carbocycles. The standard InChI is InChI=1S/C23H21ClN2O5S/c24-17-7-9-19(20(14-17)26-23(28)21-5-2-11-31-21)25-22(27)10-12-32(29,30)18-8-6-15-3-1-4-16(15)13-18/h2,5-9,11,13-14H,1,3-4,10,12H2,(H,25,27)(H,26,28). The van der Waals surface area contributed by atoms with Crippen molar-refractivity contribution in [2.45, 2.75) is 30.6 Å². The van der Waals surface area contributed by atoms with Crippen LogP contribution in [0.3, 0.4) is 0 Å². The van der Waals surface area contributed by atoms with Crippen molar-refractivity contribution in [1.82, 2.24) is 0 Å². The zero-order valence-electron chi connectivity index (χ0n) is 17.1. The summed E-state index contributed by atoms with van der Waals surface area (Å²) in [5.74, 6) is -1.22. The Morgan fingerprint density at radius 3 is 2.56 bits per heavy atom. The highest BCUT2D eigenvalue weighted by atomic mass is 35.5. The van der Waals surface area contributed by atoms with Gasteiger partial charge in [0, 0.05) is 11.4 Å². The first-order valence-electron chi connectivity index (χ1n) is 10.1. The van der Waals surface area contributed by atoms with Gasteiger partial charge in [0.25, 0.3) is 5.91 Å². The molecule has 4 rings (SSSR count). The Hall–Kier alpha value is -3.10. The third-order valence-corrected chi connectivity index (χ3v) is 7.22. The van der Waals surface area contributed by atoms with Gasteiger partial charge in [-0.1, -0.05) is 17.7 Å². The van der Waals surface area contributed by atoms with E-state index in [0.717, 1.165) is 24.8 Å². The molecule has 9 heteroatoms. The summed E-state index contributed by atoms with van der Waals surface area (Å²) < 4.78 is 30.5. The number of rotatable bonds is 7. The van der Waals surface area contributed by atoms with Crippen LogP contribution in [0.4, 0.5) is 11.4 Å². The summed E-state index contributed by atoms with van der Waals surface area (Å²) in [6, 6.07) is 12.8. The smallest absolute Gasteiger partial charge is 0.291 e. The van der Waals surface area contributed by atoms with E-state index in [-0.39, 0.29) is 28.5 Å². The van der Waals surface area contributed by atoms with Gasteiger partial charge in [-0.05, 0) is 72.9 Å². The number of hydrogen-bond donors (Lipinski definition) is 2. The minimum atomic E-state index is -3.60. The van der Waals surface area contributed by atoms with Gasteiger partial charge in [-0.3, -0.25) is 9.59 Å². The van der Waals surface area contributed by atoms with E-state index < -0.39 is 21.7 Å². The second-order valence-corrected chi connectivity index (χ2v) is 10.1. The zero-order chi connectivity index (χ0) is 22.7. The molecule has 0 spiro atoms. The molecule has 2 amide bonds. The third-order valence-electron chi connectivity index (χ3n) is 5.28. The fourth-order valence-electron chi connectivity index (χ4n) is 3.62. The number of benzene rings is 2. The average Bonchev–Trinajstić information content (AvgIpc) is 3.46. The normalized spacial score (nSPS) is 12.9. The Morgan fingerprint density at radius 1 is 0.969 bits per heavy atom. The van der Waals surface area contributed by atoms with E-state index in [1.807, 2.05) is 6.07 Å². The summed E-state index contributed by atoms with van der Waals surface area (Å²) in [6.07, 6.45) is 4.02. The van der Waals surface area contributed by atoms with E-state index in [2.05, 4.69) is 10.6 Å². The number of fused-ring (bicyclic) bond motifs is 1. The maximum Gasteiger partial charge on any atom is 0.291 e. The molecule has 1 aliphatic rings. The van der Waals surface area contributed by atoms with E-state index in [0.29, 0.717) is 10.7 Å². The fraction of sp³-hybridized carbons (Fsp3) is 0.217. The number of hydrogen-bond acceptors (Lipinski definition) is 5. The van der Waals surface area contributed by atoms with Crippen LogP contribution < -0.4 is 10.6 Å². The van der Waals surface area contributed by atoms with E-state index >= 15 is 0 Å². The van der Waals surface area contributed by atoms with E-state index in [9.17, 15) is 18.0 Å². The topological polar surface area (TPSA) is 105 Å². The minimum Gasteiger partial charge on any atom is -0.459 e. The highest BCUT2D eigenvalue weighted by Crippen LogP contribution is 2.28. The highest BCUT2D eigenvalue weighted by Gasteiger charge is 2.20. The minimum absolute atomic E-state index is 0.0997. The molecule has 1 heterocycles. The molecule has 1 aliphatic carbocycles. The van der Waals surface area contributed by atoms with Gasteiger partial charge >= 0.3 is 0 Å². The Kier molecular flexibility index (Phi) is 6.34. The number of carbonyl (C=O) groups excluding carboxylic acids is 2. The van der Waals surface area contributed by atoms with Gasteiger partial charge in [-0.2, -0.15) is 0 Å². The number of amides is 2. The van der Waals surface area contributed by atoms with Crippen LogP contribution in [-0.2, 0) is 27.5 Å². The van der Waals surface area contributed by atoms with Crippen molar-refractivity contribution in [1.29, 1.82) is 0 Å². The Balaban J connectivity index is 1.42. The number of nitrogens with one attached hydrogen (secondary N) is 2. The Morgan fingerprint density at radius 2 is 1.78 bits per heavy atom. The number of halogens is 1. The molecule has 166 valence electrons. The second-order valence-electron chi connectivity index (χ2n) is 7.52. The number of sulfone groups is 1. The van der Waals surface area contributed by atoms with Gasteiger partial charge in [0.1, 0.15) is 0 Å². The van der Waals surface area contributed by atoms with E-state index in [1.165, 1.54) is 30.0 Å². The van der Waals surface area contributed by atoms with Gasteiger partial charge in [0.2, 0.25) is 5.91 Å². The first kappa shape index (κ1) is 22.1. The van der Waals surface area contributed by atoms with Crippen molar-refractivity contribution in [3.63, 3.8) is 0 Å².